The van der Waals surface area contributed by atoms with Crippen LogP contribution in [0.5, 0.6) is 0 Å². The minimum atomic E-state index is -4.60. The molecule has 2 aliphatic rings. The maximum Gasteiger partial charge on any atom is 0.416 e. The summed E-state index contributed by atoms with van der Waals surface area (Å²) in [6.07, 6.45) is -1.18. The van der Waals surface area contributed by atoms with Gasteiger partial charge < -0.3 is 5.32 Å². The smallest absolute Gasteiger partial charge is 0.311 e. The molecule has 3 rings (SSSR count). The number of ketones is 1. The number of benzene rings is 1. The second kappa shape index (κ2) is 5.65. The summed E-state index contributed by atoms with van der Waals surface area (Å²) in [6, 6.07) is 3.02. The number of Topliss-reactive ketones (excluding diaryl/α,β-unsaturated/α-hetero) is 1. The minimum Gasteiger partial charge on any atom is -0.311 e. The van der Waals surface area contributed by atoms with Crippen molar-refractivity contribution in [2.75, 3.05) is 0 Å². The highest BCUT2D eigenvalue weighted by molar-refractivity contribution is 5.83. The van der Waals surface area contributed by atoms with Crippen LogP contribution in [0, 0.1) is 11.7 Å². The average Bonchev–Trinajstić information content (AvgIpc) is 2.75. The molecular formula is C16H17F4NO. The van der Waals surface area contributed by atoms with Crippen molar-refractivity contribution in [2.24, 2.45) is 5.92 Å². The molecule has 1 aromatic carbocycles. The minimum absolute atomic E-state index is 0.0860. The Morgan fingerprint density at radius 3 is 2.36 bits per heavy atom. The van der Waals surface area contributed by atoms with Gasteiger partial charge in [-0.2, -0.15) is 13.2 Å². The second-order valence-corrected chi connectivity index (χ2v) is 6.30. The lowest BCUT2D eigenvalue weighted by Crippen LogP contribution is -2.40. The Morgan fingerprint density at radius 2 is 1.77 bits per heavy atom. The Balaban J connectivity index is 1.72. The van der Waals surface area contributed by atoms with E-state index in [9.17, 15) is 22.4 Å². The van der Waals surface area contributed by atoms with E-state index in [1.54, 1.807) is 0 Å². The quantitative estimate of drug-likeness (QED) is 0.865. The van der Waals surface area contributed by atoms with Crippen LogP contribution in [0.25, 0.3) is 0 Å². The highest BCUT2D eigenvalue weighted by Crippen LogP contribution is 2.33. The van der Waals surface area contributed by atoms with Crippen LogP contribution in [0.1, 0.15) is 36.8 Å². The molecular weight excluding hydrogens is 298 g/mol. The maximum absolute atomic E-state index is 13.4. The highest BCUT2D eigenvalue weighted by atomic mass is 19.4. The van der Waals surface area contributed by atoms with Crippen molar-refractivity contribution in [2.45, 2.75) is 50.4 Å². The molecule has 0 amide bonds. The van der Waals surface area contributed by atoms with E-state index < -0.39 is 17.6 Å². The van der Waals surface area contributed by atoms with Gasteiger partial charge in [0, 0.05) is 24.4 Å². The SMILES string of the molecule is O=C(Cc1cc(F)cc(C(F)(F)F)c1)C1CC2CCC(C1)N2. The van der Waals surface area contributed by atoms with Crippen LogP contribution >= 0.6 is 0 Å². The van der Waals surface area contributed by atoms with Crippen molar-refractivity contribution in [3.05, 3.63) is 35.1 Å². The zero-order valence-corrected chi connectivity index (χ0v) is 11.9. The van der Waals surface area contributed by atoms with Crippen LogP contribution < -0.4 is 5.32 Å². The summed E-state index contributed by atoms with van der Waals surface area (Å²) in [5.41, 5.74) is -0.941. The molecule has 1 N–H and O–H groups in total. The summed E-state index contributed by atoms with van der Waals surface area (Å²) in [4.78, 5) is 12.3. The lowest BCUT2D eigenvalue weighted by molar-refractivity contribution is -0.138. The molecule has 0 aromatic heterocycles. The summed E-state index contributed by atoms with van der Waals surface area (Å²) in [7, 11) is 0. The predicted molar refractivity (Wildman–Crippen MR) is 72.8 cm³/mol. The molecule has 0 spiro atoms. The van der Waals surface area contributed by atoms with Crippen molar-refractivity contribution in [3.8, 4) is 0 Å². The van der Waals surface area contributed by atoms with E-state index in [0.29, 0.717) is 18.2 Å². The molecule has 0 radical (unpaired) electrons. The third kappa shape index (κ3) is 3.32. The zero-order valence-electron chi connectivity index (χ0n) is 11.9. The number of nitrogens with one attached hydrogen (secondary N) is 1. The number of rotatable bonds is 3. The molecule has 2 heterocycles. The van der Waals surface area contributed by atoms with Crippen molar-refractivity contribution < 1.29 is 22.4 Å². The van der Waals surface area contributed by atoms with Gasteiger partial charge >= 0.3 is 6.18 Å². The molecule has 0 aliphatic carbocycles. The Bertz CT molecular complexity index is 572. The third-order valence-electron chi connectivity index (χ3n) is 4.59. The molecule has 2 saturated heterocycles. The second-order valence-electron chi connectivity index (χ2n) is 6.30. The zero-order chi connectivity index (χ0) is 15.9. The number of carbonyl (C=O) groups excluding carboxylic acids is 1. The molecule has 1 aromatic rings. The van der Waals surface area contributed by atoms with Gasteiger partial charge in [0.25, 0.3) is 0 Å². The summed E-state index contributed by atoms with van der Waals surface area (Å²) < 4.78 is 51.4. The summed E-state index contributed by atoms with van der Waals surface area (Å²) in [6.45, 7) is 0. The molecule has 22 heavy (non-hydrogen) atoms. The Hall–Kier alpha value is -1.43. The molecule has 2 unspecified atom stereocenters. The Morgan fingerprint density at radius 1 is 1.14 bits per heavy atom. The van der Waals surface area contributed by atoms with E-state index in [-0.39, 0.29) is 23.7 Å². The third-order valence-corrected chi connectivity index (χ3v) is 4.59. The van der Waals surface area contributed by atoms with E-state index in [4.69, 9.17) is 0 Å². The van der Waals surface area contributed by atoms with Crippen molar-refractivity contribution in [1.82, 2.24) is 5.32 Å². The monoisotopic (exact) mass is 315 g/mol. The fourth-order valence-electron chi connectivity index (χ4n) is 3.58. The van der Waals surface area contributed by atoms with E-state index in [2.05, 4.69) is 5.32 Å². The fourth-order valence-corrected chi connectivity index (χ4v) is 3.58. The maximum atomic E-state index is 13.4. The Kier molecular flexibility index (Phi) is 3.97. The standard InChI is InChI=1S/C16H17F4NO/c17-12-4-9(3-11(8-12)16(18,19)20)5-15(22)10-6-13-1-2-14(7-10)21-13/h3-4,8,10,13-14,21H,1-2,5-7H2. The molecule has 2 atom stereocenters. The van der Waals surface area contributed by atoms with E-state index in [1.807, 2.05) is 0 Å². The summed E-state index contributed by atoms with van der Waals surface area (Å²) in [5, 5.41) is 3.42. The van der Waals surface area contributed by atoms with Gasteiger partial charge in [-0.3, -0.25) is 4.79 Å². The van der Waals surface area contributed by atoms with Crippen molar-refractivity contribution in [3.63, 3.8) is 0 Å². The van der Waals surface area contributed by atoms with E-state index >= 15 is 0 Å². The Labute approximate surface area is 125 Å². The number of piperidine rings is 1. The number of alkyl halides is 3. The van der Waals surface area contributed by atoms with E-state index in [1.165, 1.54) is 0 Å². The van der Waals surface area contributed by atoms with Gasteiger partial charge in [0.15, 0.2) is 0 Å². The van der Waals surface area contributed by atoms with Gasteiger partial charge in [-0.25, -0.2) is 4.39 Å². The lowest BCUT2D eigenvalue weighted by Gasteiger charge is -2.28. The van der Waals surface area contributed by atoms with Crippen molar-refractivity contribution >= 4 is 5.78 Å². The van der Waals surface area contributed by atoms with Gasteiger partial charge in [-0.05, 0) is 49.4 Å². The molecule has 2 nitrogen and oxygen atoms in total. The number of hydrogen-bond acceptors (Lipinski definition) is 2. The topological polar surface area (TPSA) is 29.1 Å². The van der Waals surface area contributed by atoms with Crippen LogP contribution in [0.15, 0.2) is 18.2 Å². The number of carbonyl (C=O) groups is 1. The summed E-state index contributed by atoms with van der Waals surface area (Å²) in [5.74, 6) is -1.17. The van der Waals surface area contributed by atoms with Crippen LogP contribution in [0.3, 0.4) is 0 Å². The first-order valence-corrected chi connectivity index (χ1v) is 7.46. The van der Waals surface area contributed by atoms with Gasteiger partial charge in [0.05, 0.1) is 5.56 Å². The van der Waals surface area contributed by atoms with Crippen LogP contribution in [-0.2, 0) is 17.4 Å². The van der Waals surface area contributed by atoms with Crippen molar-refractivity contribution in [1.29, 1.82) is 0 Å². The number of hydrogen-bond donors (Lipinski definition) is 1. The molecule has 0 saturated carbocycles. The lowest BCUT2D eigenvalue weighted by atomic mass is 9.86. The van der Waals surface area contributed by atoms with Crippen LogP contribution in [0.2, 0.25) is 0 Å². The highest BCUT2D eigenvalue weighted by Gasteiger charge is 2.36. The van der Waals surface area contributed by atoms with Gasteiger partial charge in [0.2, 0.25) is 0 Å². The fraction of sp³-hybridized carbons (Fsp3) is 0.562. The number of halogens is 4. The van der Waals surface area contributed by atoms with Gasteiger partial charge in [-0.1, -0.05) is 0 Å². The largest absolute Gasteiger partial charge is 0.416 e. The van der Waals surface area contributed by atoms with Gasteiger partial charge in [0.1, 0.15) is 11.6 Å². The molecule has 2 aliphatic heterocycles. The average molecular weight is 315 g/mol. The molecule has 120 valence electrons. The van der Waals surface area contributed by atoms with Crippen LogP contribution in [-0.4, -0.2) is 17.9 Å². The van der Waals surface area contributed by atoms with Crippen LogP contribution in [0.4, 0.5) is 17.6 Å². The molecule has 2 bridgehead atoms. The van der Waals surface area contributed by atoms with E-state index in [0.717, 1.165) is 37.8 Å². The predicted octanol–water partition coefficient (Wildman–Crippen LogP) is 3.49. The number of fused-ring (bicyclic) bond motifs is 2. The first kappa shape index (κ1) is 15.5. The first-order chi connectivity index (χ1) is 10.3. The molecule has 2 fully saturated rings. The summed E-state index contributed by atoms with van der Waals surface area (Å²) >= 11 is 0. The van der Waals surface area contributed by atoms with Gasteiger partial charge in [-0.15, -0.1) is 0 Å². The molecule has 6 heteroatoms. The normalized spacial score (nSPS) is 27.9. The first-order valence-electron chi connectivity index (χ1n) is 7.46.